The molecule has 0 aromatic heterocycles. The Bertz CT molecular complexity index is 421. The second-order valence-corrected chi connectivity index (χ2v) is 10.2. The van der Waals surface area contributed by atoms with Crippen LogP contribution in [0.5, 0.6) is 0 Å². The summed E-state index contributed by atoms with van der Waals surface area (Å²) in [5.74, 6) is -0.154. The molecule has 0 aromatic carbocycles. The SMILES string of the molecule is CCCCCCCCCCCCCCCC[N+](C)(C)C(C)CS(=O)(=O)O. The first-order valence-corrected chi connectivity index (χ1v) is 12.6. The number of quaternary nitrogens is 1. The molecule has 0 aliphatic rings. The molecule has 0 radical (unpaired) electrons. The Morgan fingerprint density at radius 2 is 1.08 bits per heavy atom. The van der Waals surface area contributed by atoms with Gasteiger partial charge in [-0.25, -0.2) is 0 Å². The first kappa shape index (κ1) is 25.9. The maximum absolute atomic E-state index is 11.0. The Balaban J connectivity index is 3.47. The summed E-state index contributed by atoms with van der Waals surface area (Å²) in [6.07, 6.45) is 18.9. The number of unbranched alkanes of at least 4 members (excludes halogenated alkanes) is 13. The third kappa shape index (κ3) is 16.1. The van der Waals surface area contributed by atoms with Crippen molar-refractivity contribution in [1.29, 1.82) is 0 Å². The molecule has 1 N–H and O–H groups in total. The predicted molar refractivity (Wildman–Crippen MR) is 113 cm³/mol. The van der Waals surface area contributed by atoms with Crippen LogP contribution in [0.1, 0.15) is 104 Å². The van der Waals surface area contributed by atoms with Crippen LogP contribution in [-0.2, 0) is 10.1 Å². The second-order valence-electron chi connectivity index (χ2n) is 8.70. The van der Waals surface area contributed by atoms with Crippen LogP contribution in [0.3, 0.4) is 0 Å². The lowest BCUT2D eigenvalue weighted by atomic mass is 10.0. The first-order chi connectivity index (χ1) is 12.2. The Morgan fingerprint density at radius 1 is 0.731 bits per heavy atom. The minimum atomic E-state index is -3.88. The number of rotatable bonds is 18. The maximum atomic E-state index is 11.0. The maximum Gasteiger partial charge on any atom is 0.270 e. The van der Waals surface area contributed by atoms with E-state index in [1.165, 1.54) is 83.5 Å². The molecule has 0 bridgehead atoms. The molecule has 1 unspecified atom stereocenters. The molecule has 0 saturated heterocycles. The van der Waals surface area contributed by atoms with Crippen LogP contribution in [0.2, 0.25) is 0 Å². The van der Waals surface area contributed by atoms with Gasteiger partial charge in [0.05, 0.1) is 20.6 Å². The lowest BCUT2D eigenvalue weighted by molar-refractivity contribution is -0.910. The van der Waals surface area contributed by atoms with Gasteiger partial charge >= 0.3 is 0 Å². The summed E-state index contributed by atoms with van der Waals surface area (Å²) < 4.78 is 31.7. The lowest BCUT2D eigenvalue weighted by Crippen LogP contribution is -2.50. The van der Waals surface area contributed by atoms with Crippen LogP contribution in [0.4, 0.5) is 0 Å². The van der Waals surface area contributed by atoms with Gasteiger partial charge in [0.1, 0.15) is 11.8 Å². The van der Waals surface area contributed by atoms with Gasteiger partial charge in [-0.05, 0) is 19.8 Å². The van der Waals surface area contributed by atoms with Crippen molar-refractivity contribution in [2.75, 3.05) is 26.4 Å². The van der Waals surface area contributed by atoms with Crippen molar-refractivity contribution >= 4 is 10.1 Å². The van der Waals surface area contributed by atoms with Crippen LogP contribution in [0.25, 0.3) is 0 Å². The summed E-state index contributed by atoms with van der Waals surface area (Å²) in [6.45, 7) is 5.14. The number of hydrogen-bond donors (Lipinski definition) is 1. The van der Waals surface area contributed by atoms with Crippen molar-refractivity contribution in [1.82, 2.24) is 0 Å². The lowest BCUT2D eigenvalue weighted by Gasteiger charge is -2.35. The molecule has 0 spiro atoms. The highest BCUT2D eigenvalue weighted by Gasteiger charge is 2.27. The van der Waals surface area contributed by atoms with E-state index in [4.69, 9.17) is 4.55 Å². The van der Waals surface area contributed by atoms with Crippen molar-refractivity contribution < 1.29 is 17.5 Å². The normalized spacial score (nSPS) is 13.9. The smallest absolute Gasteiger partial charge is 0.270 e. The average Bonchev–Trinajstić information content (AvgIpc) is 2.53. The van der Waals surface area contributed by atoms with Crippen LogP contribution >= 0.6 is 0 Å². The van der Waals surface area contributed by atoms with E-state index in [2.05, 4.69) is 21.0 Å². The molecule has 0 aliphatic carbocycles. The Labute approximate surface area is 164 Å². The molecular formula is C21H46NO3S+. The summed E-state index contributed by atoms with van der Waals surface area (Å²) in [5.41, 5.74) is 0. The second kappa shape index (κ2) is 14.9. The van der Waals surface area contributed by atoms with E-state index < -0.39 is 10.1 Å². The van der Waals surface area contributed by atoms with Crippen LogP contribution in [-0.4, -0.2) is 49.9 Å². The topological polar surface area (TPSA) is 54.4 Å². The third-order valence-electron chi connectivity index (χ3n) is 5.73. The monoisotopic (exact) mass is 392 g/mol. The minimum Gasteiger partial charge on any atom is -0.325 e. The van der Waals surface area contributed by atoms with Gasteiger partial charge < -0.3 is 4.48 Å². The van der Waals surface area contributed by atoms with Crippen molar-refractivity contribution in [3.8, 4) is 0 Å². The molecule has 0 rings (SSSR count). The highest BCUT2D eigenvalue weighted by Crippen LogP contribution is 2.15. The van der Waals surface area contributed by atoms with Gasteiger partial charge in [-0.2, -0.15) is 8.42 Å². The first-order valence-electron chi connectivity index (χ1n) is 11.0. The molecule has 5 heteroatoms. The van der Waals surface area contributed by atoms with Gasteiger partial charge in [0, 0.05) is 0 Å². The summed E-state index contributed by atoms with van der Waals surface area (Å²) in [6, 6.07) is -0.0769. The van der Waals surface area contributed by atoms with E-state index in [1.807, 2.05) is 6.92 Å². The van der Waals surface area contributed by atoms with Crippen molar-refractivity contribution in [2.45, 2.75) is 110 Å². The van der Waals surface area contributed by atoms with E-state index in [9.17, 15) is 8.42 Å². The zero-order valence-electron chi connectivity index (χ0n) is 18.0. The van der Waals surface area contributed by atoms with E-state index in [1.54, 1.807) is 0 Å². The molecule has 0 saturated carbocycles. The molecule has 158 valence electrons. The van der Waals surface area contributed by atoms with Gasteiger partial charge in [-0.3, -0.25) is 4.55 Å². The zero-order chi connectivity index (χ0) is 19.9. The van der Waals surface area contributed by atoms with Gasteiger partial charge in [-0.15, -0.1) is 0 Å². The van der Waals surface area contributed by atoms with Gasteiger partial charge in [0.25, 0.3) is 10.1 Å². The fraction of sp³-hybridized carbons (Fsp3) is 1.00. The summed E-state index contributed by atoms with van der Waals surface area (Å²) in [7, 11) is 0.227. The van der Waals surface area contributed by atoms with Gasteiger partial charge in [0.15, 0.2) is 0 Å². The van der Waals surface area contributed by atoms with Crippen molar-refractivity contribution in [2.24, 2.45) is 0 Å². The Hall–Kier alpha value is -0.130. The molecular weight excluding hydrogens is 346 g/mol. The minimum absolute atomic E-state index is 0.0769. The summed E-state index contributed by atoms with van der Waals surface area (Å²) in [5, 5.41) is 0. The van der Waals surface area contributed by atoms with Gasteiger partial charge in [-0.1, -0.05) is 84.0 Å². The fourth-order valence-corrected chi connectivity index (χ4v) is 4.45. The molecule has 0 aromatic rings. The largest absolute Gasteiger partial charge is 0.325 e. The average molecular weight is 393 g/mol. The van der Waals surface area contributed by atoms with E-state index in [0.717, 1.165) is 13.0 Å². The van der Waals surface area contributed by atoms with Crippen molar-refractivity contribution in [3.05, 3.63) is 0 Å². The van der Waals surface area contributed by atoms with Gasteiger partial charge in [0.2, 0.25) is 0 Å². The number of hydrogen-bond acceptors (Lipinski definition) is 2. The molecule has 4 nitrogen and oxygen atoms in total. The standard InChI is InChI=1S/C21H45NO3S/c1-5-6-7-8-9-10-11-12-13-14-15-16-17-18-19-22(3,4)21(2)20-26(23,24)25/h21H,5-20H2,1-4H3/p+1. The molecule has 0 aliphatic heterocycles. The third-order valence-corrected chi connectivity index (χ3v) is 6.64. The molecule has 26 heavy (non-hydrogen) atoms. The Morgan fingerprint density at radius 3 is 1.42 bits per heavy atom. The summed E-state index contributed by atoms with van der Waals surface area (Å²) in [4.78, 5) is 0. The zero-order valence-corrected chi connectivity index (χ0v) is 18.8. The van der Waals surface area contributed by atoms with E-state index >= 15 is 0 Å². The van der Waals surface area contributed by atoms with Crippen LogP contribution < -0.4 is 0 Å². The molecule has 0 heterocycles. The van der Waals surface area contributed by atoms with Crippen molar-refractivity contribution in [3.63, 3.8) is 0 Å². The van der Waals surface area contributed by atoms with E-state index in [0.29, 0.717) is 4.48 Å². The van der Waals surface area contributed by atoms with Crippen LogP contribution in [0.15, 0.2) is 0 Å². The highest BCUT2D eigenvalue weighted by molar-refractivity contribution is 7.85. The number of nitrogens with zero attached hydrogens (tertiary/aromatic N) is 1. The quantitative estimate of drug-likeness (QED) is 0.182. The fourth-order valence-electron chi connectivity index (χ4n) is 3.44. The summed E-state index contributed by atoms with van der Waals surface area (Å²) >= 11 is 0. The van der Waals surface area contributed by atoms with E-state index in [-0.39, 0.29) is 11.8 Å². The molecule has 0 fully saturated rings. The predicted octanol–water partition coefficient (Wildman–Crippen LogP) is 5.82. The molecule has 1 atom stereocenters. The molecule has 0 amide bonds. The Kier molecular flexibility index (Phi) is 14.8. The van der Waals surface area contributed by atoms with Crippen LogP contribution in [0, 0.1) is 0 Å². The highest BCUT2D eigenvalue weighted by atomic mass is 32.2.